The second-order valence-corrected chi connectivity index (χ2v) is 11.8. The molecule has 1 aliphatic rings. The molecule has 1 fully saturated rings. The Bertz CT molecular complexity index is 161. The third-order valence-corrected chi connectivity index (χ3v) is 11.8. The van der Waals surface area contributed by atoms with Crippen LogP contribution in [0.15, 0.2) is 0 Å². The summed E-state index contributed by atoms with van der Waals surface area (Å²) in [6, 6.07) is 0. The average molecular weight is 218 g/mol. The maximum atomic E-state index is 5.45. The standard InChI is InChI=1S/C12H27OP/c1-9(2)14(10(3)4,11(5)6)8-12-7-13-12/h9-12,14H,7-8H2,1-6H3. The summed E-state index contributed by atoms with van der Waals surface area (Å²) < 4.78 is 5.45. The Kier molecular flexibility index (Phi) is 4.00. The van der Waals surface area contributed by atoms with Gasteiger partial charge in [0.2, 0.25) is 0 Å². The normalized spacial score (nSPS) is 23.6. The number of rotatable bonds is 5. The van der Waals surface area contributed by atoms with E-state index >= 15 is 0 Å². The van der Waals surface area contributed by atoms with E-state index in [2.05, 4.69) is 41.5 Å². The van der Waals surface area contributed by atoms with Gasteiger partial charge in [-0.3, -0.25) is 0 Å². The molecule has 0 aromatic carbocycles. The number of ether oxygens (including phenoxy) is 1. The fourth-order valence-corrected chi connectivity index (χ4v) is 9.73. The van der Waals surface area contributed by atoms with Crippen molar-refractivity contribution in [1.82, 2.24) is 0 Å². The summed E-state index contributed by atoms with van der Waals surface area (Å²) in [5.74, 6) is 0. The molecule has 1 saturated heterocycles. The molecule has 0 aliphatic carbocycles. The summed E-state index contributed by atoms with van der Waals surface area (Å²) in [5.41, 5.74) is 2.64. The molecule has 86 valence electrons. The zero-order chi connectivity index (χ0) is 10.9. The Balaban J connectivity index is 2.81. The minimum atomic E-state index is -1.15. The molecule has 1 heterocycles. The van der Waals surface area contributed by atoms with Crippen LogP contribution in [0.2, 0.25) is 0 Å². The van der Waals surface area contributed by atoms with Gasteiger partial charge >= 0.3 is 89.4 Å². The molecule has 1 rings (SSSR count). The van der Waals surface area contributed by atoms with Gasteiger partial charge in [-0.05, 0) is 0 Å². The molecular weight excluding hydrogens is 191 g/mol. The van der Waals surface area contributed by atoms with Crippen molar-refractivity contribution in [2.45, 2.75) is 64.6 Å². The summed E-state index contributed by atoms with van der Waals surface area (Å²) in [7, 11) is -1.15. The first-order chi connectivity index (χ1) is 6.41. The molecular formula is C12H27OP. The van der Waals surface area contributed by atoms with Crippen LogP contribution < -0.4 is 0 Å². The third-order valence-electron chi connectivity index (χ3n) is 4.21. The van der Waals surface area contributed by atoms with Crippen molar-refractivity contribution in [2.75, 3.05) is 12.8 Å². The van der Waals surface area contributed by atoms with Gasteiger partial charge < -0.3 is 0 Å². The molecule has 0 radical (unpaired) electrons. The van der Waals surface area contributed by atoms with Crippen molar-refractivity contribution in [2.24, 2.45) is 0 Å². The van der Waals surface area contributed by atoms with Gasteiger partial charge in [-0.1, -0.05) is 0 Å². The average Bonchev–Trinajstić information content (AvgIpc) is 2.80. The first-order valence-electron chi connectivity index (χ1n) is 6.02. The Morgan fingerprint density at radius 1 is 1.00 bits per heavy atom. The molecule has 0 bridgehead atoms. The van der Waals surface area contributed by atoms with E-state index in [0.29, 0.717) is 6.10 Å². The molecule has 1 atom stereocenters. The van der Waals surface area contributed by atoms with Crippen molar-refractivity contribution in [3.63, 3.8) is 0 Å². The number of epoxide rings is 1. The molecule has 0 N–H and O–H groups in total. The Hall–Kier alpha value is 0.390. The summed E-state index contributed by atoms with van der Waals surface area (Å²) >= 11 is 0. The summed E-state index contributed by atoms with van der Waals surface area (Å²) in [6.45, 7) is 15.6. The first-order valence-corrected chi connectivity index (χ1v) is 8.46. The predicted octanol–water partition coefficient (Wildman–Crippen LogP) is 3.36. The van der Waals surface area contributed by atoms with Crippen LogP contribution in [0.1, 0.15) is 41.5 Å². The van der Waals surface area contributed by atoms with Crippen LogP contribution in [0.3, 0.4) is 0 Å². The molecule has 0 amide bonds. The summed E-state index contributed by atoms with van der Waals surface area (Å²) in [6.07, 6.45) is 2.01. The van der Waals surface area contributed by atoms with Crippen molar-refractivity contribution in [3.8, 4) is 0 Å². The van der Waals surface area contributed by atoms with E-state index in [-0.39, 0.29) is 0 Å². The van der Waals surface area contributed by atoms with Gasteiger partial charge in [-0.2, -0.15) is 0 Å². The summed E-state index contributed by atoms with van der Waals surface area (Å²) in [5, 5.41) is 0. The van der Waals surface area contributed by atoms with Crippen molar-refractivity contribution in [1.29, 1.82) is 0 Å². The molecule has 0 saturated carbocycles. The predicted molar refractivity (Wildman–Crippen MR) is 68.3 cm³/mol. The fraction of sp³-hybridized carbons (Fsp3) is 1.00. The van der Waals surface area contributed by atoms with Crippen LogP contribution in [-0.4, -0.2) is 35.8 Å². The van der Waals surface area contributed by atoms with Crippen LogP contribution in [-0.2, 0) is 4.74 Å². The zero-order valence-corrected chi connectivity index (χ0v) is 11.6. The Labute approximate surface area is 89.9 Å². The first kappa shape index (κ1) is 12.5. The summed E-state index contributed by atoms with van der Waals surface area (Å²) in [4.78, 5) is 0. The van der Waals surface area contributed by atoms with E-state index in [9.17, 15) is 0 Å². The molecule has 14 heavy (non-hydrogen) atoms. The van der Waals surface area contributed by atoms with E-state index in [4.69, 9.17) is 4.74 Å². The van der Waals surface area contributed by atoms with Crippen LogP contribution in [0.25, 0.3) is 0 Å². The van der Waals surface area contributed by atoms with Gasteiger partial charge in [0.05, 0.1) is 0 Å². The molecule has 0 spiro atoms. The van der Waals surface area contributed by atoms with E-state index in [1.807, 2.05) is 0 Å². The molecule has 1 unspecified atom stereocenters. The fourth-order valence-electron chi connectivity index (χ4n) is 3.29. The van der Waals surface area contributed by atoms with E-state index < -0.39 is 7.26 Å². The zero-order valence-electron chi connectivity index (χ0n) is 10.6. The Morgan fingerprint density at radius 2 is 1.36 bits per heavy atom. The second-order valence-electron chi connectivity index (χ2n) is 5.74. The van der Waals surface area contributed by atoms with Crippen LogP contribution in [0.5, 0.6) is 0 Å². The Morgan fingerprint density at radius 3 is 1.57 bits per heavy atom. The van der Waals surface area contributed by atoms with Gasteiger partial charge in [-0.25, -0.2) is 0 Å². The molecule has 0 aromatic rings. The maximum absolute atomic E-state index is 5.45. The molecule has 1 aliphatic heterocycles. The number of hydrogen-bond acceptors (Lipinski definition) is 1. The second kappa shape index (κ2) is 4.49. The van der Waals surface area contributed by atoms with Gasteiger partial charge in [0.15, 0.2) is 0 Å². The van der Waals surface area contributed by atoms with Gasteiger partial charge in [0, 0.05) is 0 Å². The monoisotopic (exact) mass is 218 g/mol. The quantitative estimate of drug-likeness (QED) is 0.509. The van der Waals surface area contributed by atoms with E-state index in [0.717, 1.165) is 23.6 Å². The molecule has 0 aromatic heterocycles. The third kappa shape index (κ3) is 2.31. The van der Waals surface area contributed by atoms with Crippen molar-refractivity contribution < 1.29 is 4.74 Å². The topological polar surface area (TPSA) is 12.5 Å². The van der Waals surface area contributed by atoms with Crippen LogP contribution in [0, 0.1) is 0 Å². The van der Waals surface area contributed by atoms with Crippen molar-refractivity contribution >= 4 is 7.26 Å². The van der Waals surface area contributed by atoms with E-state index in [1.54, 1.807) is 0 Å². The van der Waals surface area contributed by atoms with Crippen LogP contribution in [0.4, 0.5) is 0 Å². The molecule has 2 heteroatoms. The minimum absolute atomic E-state index is 0.619. The van der Waals surface area contributed by atoms with Crippen molar-refractivity contribution in [3.05, 3.63) is 0 Å². The van der Waals surface area contributed by atoms with Gasteiger partial charge in [0.1, 0.15) is 0 Å². The van der Waals surface area contributed by atoms with Gasteiger partial charge in [-0.15, -0.1) is 0 Å². The van der Waals surface area contributed by atoms with Crippen LogP contribution >= 0.6 is 7.26 Å². The SMILES string of the molecule is CC(C)[PH](CC1CO1)(C(C)C)C(C)C. The van der Waals surface area contributed by atoms with Gasteiger partial charge in [0.25, 0.3) is 0 Å². The molecule has 1 nitrogen and oxygen atoms in total. The number of hydrogen-bond donors (Lipinski definition) is 0. The van der Waals surface area contributed by atoms with E-state index in [1.165, 1.54) is 6.16 Å².